The highest BCUT2D eigenvalue weighted by molar-refractivity contribution is 9.10. The molecule has 2 aromatic rings. The van der Waals surface area contributed by atoms with Crippen LogP contribution < -0.4 is 5.32 Å². The molecule has 0 aliphatic carbocycles. The first-order chi connectivity index (χ1) is 10.2. The van der Waals surface area contributed by atoms with Gasteiger partial charge in [0.1, 0.15) is 5.82 Å². The standard InChI is InChI=1S/C17H18BrFN2/c18-17-14(7-4-8-15(17)19)11-21-10-9-20-16(12-21)13-5-2-1-3-6-13/h1-8,16,20H,9-12H2. The van der Waals surface area contributed by atoms with E-state index in [1.165, 1.54) is 11.6 Å². The number of hydrogen-bond donors (Lipinski definition) is 1. The molecule has 1 aliphatic rings. The van der Waals surface area contributed by atoms with Crippen molar-refractivity contribution in [2.24, 2.45) is 0 Å². The zero-order valence-corrected chi connectivity index (χ0v) is 13.3. The lowest BCUT2D eigenvalue weighted by atomic mass is 10.0. The Balaban J connectivity index is 1.70. The molecule has 0 saturated carbocycles. The number of nitrogens with zero attached hydrogens (tertiary/aromatic N) is 1. The average molecular weight is 349 g/mol. The van der Waals surface area contributed by atoms with Crippen LogP contribution in [0.25, 0.3) is 0 Å². The van der Waals surface area contributed by atoms with Crippen molar-refractivity contribution in [3.8, 4) is 0 Å². The van der Waals surface area contributed by atoms with Crippen LogP contribution in [0.15, 0.2) is 53.0 Å². The molecule has 0 amide bonds. The minimum atomic E-state index is -0.192. The van der Waals surface area contributed by atoms with E-state index in [0.717, 1.165) is 31.7 Å². The van der Waals surface area contributed by atoms with Crippen molar-refractivity contribution < 1.29 is 4.39 Å². The molecular weight excluding hydrogens is 331 g/mol. The predicted molar refractivity (Wildman–Crippen MR) is 86.6 cm³/mol. The number of halogens is 2. The Labute approximate surface area is 133 Å². The molecule has 3 rings (SSSR count). The molecule has 4 heteroatoms. The maximum absolute atomic E-state index is 13.6. The number of hydrogen-bond acceptors (Lipinski definition) is 2. The number of piperazine rings is 1. The van der Waals surface area contributed by atoms with E-state index in [1.807, 2.05) is 12.1 Å². The van der Waals surface area contributed by atoms with Crippen LogP contribution in [-0.2, 0) is 6.54 Å². The van der Waals surface area contributed by atoms with Gasteiger partial charge >= 0.3 is 0 Å². The molecule has 0 radical (unpaired) electrons. The predicted octanol–water partition coefficient (Wildman–Crippen LogP) is 3.73. The lowest BCUT2D eigenvalue weighted by molar-refractivity contribution is 0.193. The van der Waals surface area contributed by atoms with E-state index in [2.05, 4.69) is 50.4 Å². The summed E-state index contributed by atoms with van der Waals surface area (Å²) in [6.45, 7) is 3.63. The Bertz CT molecular complexity index is 603. The van der Waals surface area contributed by atoms with Crippen LogP contribution in [0.3, 0.4) is 0 Å². The Kier molecular flexibility index (Phi) is 4.68. The van der Waals surface area contributed by atoms with Gasteiger partial charge in [-0.3, -0.25) is 4.90 Å². The van der Waals surface area contributed by atoms with E-state index in [-0.39, 0.29) is 5.82 Å². The SMILES string of the molecule is Fc1cccc(CN2CCNC(c3ccccc3)C2)c1Br. The molecular formula is C17H18BrFN2. The van der Waals surface area contributed by atoms with Gasteiger partial charge in [0.05, 0.1) is 4.47 Å². The number of rotatable bonds is 3. The number of nitrogens with one attached hydrogen (secondary N) is 1. The second-order valence-electron chi connectivity index (χ2n) is 5.37. The molecule has 1 fully saturated rings. The highest BCUT2D eigenvalue weighted by Gasteiger charge is 2.21. The van der Waals surface area contributed by atoms with Crippen molar-refractivity contribution in [2.45, 2.75) is 12.6 Å². The molecule has 1 unspecified atom stereocenters. The number of benzene rings is 2. The Hall–Kier alpha value is -1.23. The Morgan fingerprint density at radius 3 is 2.76 bits per heavy atom. The maximum Gasteiger partial charge on any atom is 0.137 e. The molecule has 21 heavy (non-hydrogen) atoms. The summed E-state index contributed by atoms with van der Waals surface area (Å²) in [6, 6.07) is 16.1. The van der Waals surface area contributed by atoms with Crippen LogP contribution >= 0.6 is 15.9 Å². The second-order valence-corrected chi connectivity index (χ2v) is 6.16. The van der Waals surface area contributed by atoms with Gasteiger partial charge in [0.2, 0.25) is 0 Å². The van der Waals surface area contributed by atoms with Crippen molar-refractivity contribution in [1.29, 1.82) is 0 Å². The van der Waals surface area contributed by atoms with Gasteiger partial charge in [0.25, 0.3) is 0 Å². The van der Waals surface area contributed by atoms with E-state index >= 15 is 0 Å². The van der Waals surface area contributed by atoms with Crippen molar-refractivity contribution in [3.63, 3.8) is 0 Å². The molecule has 1 atom stereocenters. The van der Waals surface area contributed by atoms with Crippen LogP contribution in [0.4, 0.5) is 4.39 Å². The molecule has 110 valence electrons. The van der Waals surface area contributed by atoms with Gasteiger partial charge in [-0.15, -0.1) is 0 Å². The fourth-order valence-corrected chi connectivity index (χ4v) is 3.16. The Morgan fingerprint density at radius 1 is 1.14 bits per heavy atom. The quantitative estimate of drug-likeness (QED) is 0.908. The van der Waals surface area contributed by atoms with Gasteiger partial charge in [-0.1, -0.05) is 42.5 Å². The fourth-order valence-electron chi connectivity index (χ4n) is 2.77. The van der Waals surface area contributed by atoms with Crippen LogP contribution in [0.1, 0.15) is 17.2 Å². The third-order valence-corrected chi connectivity index (χ3v) is 4.78. The summed E-state index contributed by atoms with van der Waals surface area (Å²) in [6.07, 6.45) is 0. The summed E-state index contributed by atoms with van der Waals surface area (Å²) in [7, 11) is 0. The van der Waals surface area contributed by atoms with Crippen molar-refractivity contribution in [1.82, 2.24) is 10.2 Å². The molecule has 0 spiro atoms. The minimum Gasteiger partial charge on any atom is -0.308 e. The molecule has 2 nitrogen and oxygen atoms in total. The topological polar surface area (TPSA) is 15.3 Å². The molecule has 1 aliphatic heterocycles. The largest absolute Gasteiger partial charge is 0.308 e. The van der Waals surface area contributed by atoms with Gasteiger partial charge in [-0.2, -0.15) is 0 Å². The lowest BCUT2D eigenvalue weighted by Crippen LogP contribution is -2.45. The van der Waals surface area contributed by atoms with Gasteiger partial charge in [-0.25, -0.2) is 4.39 Å². The van der Waals surface area contributed by atoms with E-state index in [0.29, 0.717) is 10.5 Å². The second kappa shape index (κ2) is 6.69. The third kappa shape index (κ3) is 3.51. The van der Waals surface area contributed by atoms with Crippen LogP contribution in [0.2, 0.25) is 0 Å². The van der Waals surface area contributed by atoms with Gasteiger partial charge < -0.3 is 5.32 Å². The smallest absolute Gasteiger partial charge is 0.137 e. The van der Waals surface area contributed by atoms with Crippen molar-refractivity contribution in [3.05, 3.63) is 69.9 Å². The van der Waals surface area contributed by atoms with Gasteiger partial charge in [-0.05, 0) is 33.1 Å². The van der Waals surface area contributed by atoms with E-state index in [1.54, 1.807) is 6.07 Å². The lowest BCUT2D eigenvalue weighted by Gasteiger charge is -2.34. The molecule has 2 aromatic carbocycles. The Morgan fingerprint density at radius 2 is 1.95 bits per heavy atom. The van der Waals surface area contributed by atoms with Gasteiger partial charge in [0.15, 0.2) is 0 Å². The van der Waals surface area contributed by atoms with Crippen LogP contribution in [0, 0.1) is 5.82 Å². The maximum atomic E-state index is 13.6. The summed E-state index contributed by atoms with van der Waals surface area (Å²) in [5.74, 6) is -0.192. The average Bonchev–Trinajstić information content (AvgIpc) is 2.53. The fraction of sp³-hybridized carbons (Fsp3) is 0.294. The third-order valence-electron chi connectivity index (χ3n) is 3.89. The monoisotopic (exact) mass is 348 g/mol. The van der Waals surface area contributed by atoms with Crippen LogP contribution in [-0.4, -0.2) is 24.5 Å². The van der Waals surface area contributed by atoms with E-state index in [4.69, 9.17) is 0 Å². The summed E-state index contributed by atoms with van der Waals surface area (Å²) in [5, 5.41) is 3.55. The molecule has 0 bridgehead atoms. The normalized spacial score (nSPS) is 19.6. The highest BCUT2D eigenvalue weighted by atomic mass is 79.9. The van der Waals surface area contributed by atoms with E-state index in [9.17, 15) is 4.39 Å². The van der Waals surface area contributed by atoms with E-state index < -0.39 is 0 Å². The summed E-state index contributed by atoms with van der Waals surface area (Å²) >= 11 is 3.35. The van der Waals surface area contributed by atoms with Crippen molar-refractivity contribution in [2.75, 3.05) is 19.6 Å². The minimum absolute atomic E-state index is 0.192. The summed E-state index contributed by atoms with van der Waals surface area (Å²) < 4.78 is 14.2. The zero-order chi connectivity index (χ0) is 14.7. The molecule has 1 saturated heterocycles. The highest BCUT2D eigenvalue weighted by Crippen LogP contribution is 2.24. The first-order valence-corrected chi connectivity index (χ1v) is 7.97. The molecule has 1 heterocycles. The summed E-state index contributed by atoms with van der Waals surface area (Å²) in [4.78, 5) is 2.37. The zero-order valence-electron chi connectivity index (χ0n) is 11.7. The first kappa shape index (κ1) is 14.7. The van der Waals surface area contributed by atoms with Crippen LogP contribution in [0.5, 0.6) is 0 Å². The molecule has 0 aromatic heterocycles. The molecule has 1 N–H and O–H groups in total. The van der Waals surface area contributed by atoms with Gasteiger partial charge in [0, 0.05) is 32.2 Å². The van der Waals surface area contributed by atoms with Crippen molar-refractivity contribution >= 4 is 15.9 Å². The first-order valence-electron chi connectivity index (χ1n) is 7.17. The summed E-state index contributed by atoms with van der Waals surface area (Å²) in [5.41, 5.74) is 2.31.